The van der Waals surface area contributed by atoms with Crippen LogP contribution in [-0.2, 0) is 4.74 Å². The van der Waals surface area contributed by atoms with Crippen LogP contribution in [0, 0.1) is 5.92 Å². The van der Waals surface area contributed by atoms with Crippen molar-refractivity contribution in [3.63, 3.8) is 0 Å². The topological polar surface area (TPSA) is 12.5 Å². The van der Waals surface area contributed by atoms with Crippen LogP contribution < -0.4 is 0 Å². The molecule has 1 fully saturated rings. The highest BCUT2D eigenvalue weighted by Gasteiger charge is 2.47. The molecule has 3 atom stereocenters. The summed E-state index contributed by atoms with van der Waals surface area (Å²) in [4.78, 5) is 0. The highest BCUT2D eigenvalue weighted by atomic mass is 16.6. The minimum absolute atomic E-state index is 0.184. The lowest BCUT2D eigenvalue weighted by Crippen LogP contribution is -2.10. The summed E-state index contributed by atoms with van der Waals surface area (Å²) in [7, 11) is 0. The van der Waals surface area contributed by atoms with Crippen molar-refractivity contribution in [3.8, 4) is 0 Å². The molecule has 12 heavy (non-hydrogen) atoms. The first kappa shape index (κ1) is 9.79. The summed E-state index contributed by atoms with van der Waals surface area (Å²) < 4.78 is 5.50. The van der Waals surface area contributed by atoms with Gasteiger partial charge >= 0.3 is 0 Å². The number of allylic oxidation sites excluding steroid dienone is 1. The molecule has 0 aromatic rings. The summed E-state index contributed by atoms with van der Waals surface area (Å²) in [6.45, 7) is 12.6. The average Bonchev–Trinajstić information content (AvgIpc) is 2.56. The number of ether oxygens (including phenoxy) is 1. The van der Waals surface area contributed by atoms with Crippen LogP contribution in [0.25, 0.3) is 0 Å². The Balaban J connectivity index is 2.22. The van der Waals surface area contributed by atoms with Gasteiger partial charge in [-0.3, -0.25) is 0 Å². The van der Waals surface area contributed by atoms with Crippen LogP contribution in [0.4, 0.5) is 0 Å². The lowest BCUT2D eigenvalue weighted by Gasteiger charge is -2.12. The van der Waals surface area contributed by atoms with Gasteiger partial charge in [0.25, 0.3) is 0 Å². The van der Waals surface area contributed by atoms with E-state index in [2.05, 4.69) is 34.3 Å². The predicted octanol–water partition coefficient (Wildman–Crippen LogP) is 3.16. The molecule has 0 spiro atoms. The summed E-state index contributed by atoms with van der Waals surface area (Å²) in [5, 5.41) is 0. The van der Waals surface area contributed by atoms with Crippen molar-refractivity contribution in [2.75, 3.05) is 0 Å². The first-order valence-electron chi connectivity index (χ1n) is 4.79. The van der Waals surface area contributed by atoms with Gasteiger partial charge in [0.2, 0.25) is 0 Å². The van der Waals surface area contributed by atoms with Crippen molar-refractivity contribution < 1.29 is 4.74 Å². The van der Waals surface area contributed by atoms with Gasteiger partial charge in [-0.1, -0.05) is 19.1 Å². The molecule has 0 amide bonds. The molecule has 1 heterocycles. The van der Waals surface area contributed by atoms with Gasteiger partial charge < -0.3 is 4.74 Å². The highest BCUT2D eigenvalue weighted by molar-refractivity contribution is 4.99. The van der Waals surface area contributed by atoms with E-state index in [-0.39, 0.29) is 5.60 Å². The van der Waals surface area contributed by atoms with Crippen LogP contribution >= 0.6 is 0 Å². The van der Waals surface area contributed by atoms with E-state index in [0.717, 1.165) is 0 Å². The Hall–Kier alpha value is -0.300. The fourth-order valence-corrected chi connectivity index (χ4v) is 1.38. The van der Waals surface area contributed by atoms with Gasteiger partial charge in [-0.2, -0.15) is 0 Å². The Kier molecular flexibility index (Phi) is 2.62. The van der Waals surface area contributed by atoms with E-state index < -0.39 is 0 Å². The fraction of sp³-hybridized carbons (Fsp3) is 0.818. The Morgan fingerprint density at radius 1 is 1.67 bits per heavy atom. The maximum absolute atomic E-state index is 5.50. The summed E-state index contributed by atoms with van der Waals surface area (Å²) in [5.74, 6) is 0.637. The first-order valence-corrected chi connectivity index (χ1v) is 4.79. The van der Waals surface area contributed by atoms with Crippen molar-refractivity contribution in [1.82, 2.24) is 0 Å². The lowest BCUT2D eigenvalue weighted by atomic mass is 9.92. The maximum atomic E-state index is 5.50. The normalized spacial score (nSPS) is 36.2. The van der Waals surface area contributed by atoms with Gasteiger partial charge in [-0.25, -0.2) is 0 Å². The van der Waals surface area contributed by atoms with Crippen LogP contribution in [0.5, 0.6) is 0 Å². The van der Waals surface area contributed by atoms with Crippen molar-refractivity contribution in [3.05, 3.63) is 12.2 Å². The van der Waals surface area contributed by atoms with Crippen molar-refractivity contribution in [2.45, 2.75) is 52.2 Å². The van der Waals surface area contributed by atoms with E-state index in [4.69, 9.17) is 4.74 Å². The number of rotatable bonds is 4. The van der Waals surface area contributed by atoms with Crippen LogP contribution in [0.15, 0.2) is 12.2 Å². The molecule has 0 aromatic heterocycles. The zero-order valence-corrected chi connectivity index (χ0v) is 8.68. The Morgan fingerprint density at radius 3 is 2.50 bits per heavy atom. The molecular formula is C11H20O. The lowest BCUT2D eigenvalue weighted by molar-refractivity contribution is 0.288. The van der Waals surface area contributed by atoms with Gasteiger partial charge in [-0.15, -0.1) is 0 Å². The van der Waals surface area contributed by atoms with E-state index in [1.165, 1.54) is 18.4 Å². The second-order valence-electron chi connectivity index (χ2n) is 4.36. The second-order valence-corrected chi connectivity index (χ2v) is 4.36. The van der Waals surface area contributed by atoms with Crippen LogP contribution in [-0.4, -0.2) is 11.7 Å². The quantitative estimate of drug-likeness (QED) is 0.464. The molecule has 0 bridgehead atoms. The molecule has 0 N–H and O–H groups in total. The largest absolute Gasteiger partial charge is 0.367 e. The van der Waals surface area contributed by atoms with Crippen LogP contribution in [0.3, 0.4) is 0 Å². The molecule has 1 aliphatic rings. The van der Waals surface area contributed by atoms with Crippen LogP contribution in [0.1, 0.15) is 40.5 Å². The molecule has 0 aliphatic carbocycles. The van der Waals surface area contributed by atoms with Crippen molar-refractivity contribution in [1.29, 1.82) is 0 Å². The molecule has 1 nitrogen and oxygen atoms in total. The Morgan fingerprint density at radius 2 is 2.17 bits per heavy atom. The van der Waals surface area contributed by atoms with E-state index in [9.17, 15) is 0 Å². The third-order valence-electron chi connectivity index (χ3n) is 3.16. The standard InChI is InChI=1S/C11H20O/c1-8(2)9(3)6-7-11(5)10(4)12-11/h9-10H,1,6-7H2,2-5H3. The molecule has 0 saturated carbocycles. The van der Waals surface area contributed by atoms with E-state index >= 15 is 0 Å². The predicted molar refractivity (Wildman–Crippen MR) is 52.2 cm³/mol. The number of epoxide rings is 1. The smallest absolute Gasteiger partial charge is 0.0917 e. The van der Waals surface area contributed by atoms with Gasteiger partial charge in [0.1, 0.15) is 0 Å². The molecule has 1 aliphatic heterocycles. The maximum Gasteiger partial charge on any atom is 0.0917 e. The summed E-state index contributed by atoms with van der Waals surface area (Å²) >= 11 is 0. The molecule has 70 valence electrons. The molecular weight excluding hydrogens is 148 g/mol. The van der Waals surface area contributed by atoms with Gasteiger partial charge in [0.15, 0.2) is 0 Å². The summed E-state index contributed by atoms with van der Waals surface area (Å²) in [6, 6.07) is 0. The SMILES string of the molecule is C=C(C)C(C)CCC1(C)OC1C. The van der Waals surface area contributed by atoms with Crippen LogP contribution in [0.2, 0.25) is 0 Å². The zero-order chi connectivity index (χ0) is 9.35. The third-order valence-corrected chi connectivity index (χ3v) is 3.16. The fourth-order valence-electron chi connectivity index (χ4n) is 1.38. The van der Waals surface area contributed by atoms with E-state index in [1.54, 1.807) is 0 Å². The number of hydrogen-bond acceptors (Lipinski definition) is 1. The number of hydrogen-bond donors (Lipinski definition) is 0. The molecule has 1 rings (SSSR count). The molecule has 1 heteroatoms. The Labute approximate surface area is 75.8 Å². The monoisotopic (exact) mass is 168 g/mol. The van der Waals surface area contributed by atoms with Gasteiger partial charge in [-0.05, 0) is 39.5 Å². The third kappa shape index (κ3) is 2.10. The Bertz CT molecular complexity index is 185. The summed E-state index contributed by atoms with van der Waals surface area (Å²) in [5.41, 5.74) is 1.47. The first-order chi connectivity index (χ1) is 5.46. The second kappa shape index (κ2) is 3.21. The minimum atomic E-state index is 0.184. The molecule has 3 unspecified atom stereocenters. The van der Waals surface area contributed by atoms with E-state index in [1.807, 2.05) is 0 Å². The minimum Gasteiger partial charge on any atom is -0.367 e. The van der Waals surface area contributed by atoms with Crippen molar-refractivity contribution in [2.24, 2.45) is 5.92 Å². The van der Waals surface area contributed by atoms with E-state index in [0.29, 0.717) is 12.0 Å². The van der Waals surface area contributed by atoms with Crippen molar-refractivity contribution >= 4 is 0 Å². The summed E-state index contributed by atoms with van der Waals surface area (Å²) in [6.07, 6.45) is 2.84. The van der Waals surface area contributed by atoms with Gasteiger partial charge in [0.05, 0.1) is 11.7 Å². The zero-order valence-electron chi connectivity index (χ0n) is 8.68. The average molecular weight is 168 g/mol. The van der Waals surface area contributed by atoms with Gasteiger partial charge in [0, 0.05) is 0 Å². The molecule has 0 radical (unpaired) electrons. The molecule has 1 saturated heterocycles. The molecule has 0 aromatic carbocycles. The highest BCUT2D eigenvalue weighted by Crippen LogP contribution is 2.40.